The Balaban J connectivity index is 1.37. The Bertz CT molecular complexity index is 1170. The van der Waals surface area contributed by atoms with Crippen LogP contribution in [0.5, 0.6) is 5.75 Å². The molecule has 10 heteroatoms. The number of alkyl halides is 2. The minimum Gasteiger partial charge on any atom is -0.492 e. The molecule has 4 rings (SSSR count). The molecule has 0 unspecified atom stereocenters. The number of ether oxygens (including phenoxy) is 1. The van der Waals surface area contributed by atoms with Gasteiger partial charge in [-0.25, -0.2) is 17.2 Å². The Morgan fingerprint density at radius 2 is 1.94 bits per heavy atom. The topological polar surface area (TPSA) is 75.7 Å². The van der Waals surface area contributed by atoms with Crippen molar-refractivity contribution in [3.05, 3.63) is 52.5 Å². The number of nitrogens with zero attached hydrogens (tertiary/aromatic N) is 1. The number of nitrogens with one attached hydrogen (secondary N) is 1. The Labute approximate surface area is 196 Å². The maximum Gasteiger partial charge on any atom is 0.235 e. The van der Waals surface area contributed by atoms with Crippen LogP contribution in [-0.2, 0) is 20.0 Å². The first-order valence-corrected chi connectivity index (χ1v) is 12.9. The van der Waals surface area contributed by atoms with Gasteiger partial charge in [0.1, 0.15) is 19.0 Å². The zero-order valence-electron chi connectivity index (χ0n) is 18.1. The predicted octanol–water partition coefficient (Wildman–Crippen LogP) is 4.09. The molecule has 0 bridgehead atoms. The summed E-state index contributed by atoms with van der Waals surface area (Å²) in [6.07, 6.45) is 0.224. The van der Waals surface area contributed by atoms with Gasteiger partial charge >= 0.3 is 0 Å². The molecule has 1 spiro atoms. The van der Waals surface area contributed by atoms with Gasteiger partial charge in [-0.2, -0.15) is 0 Å². The van der Waals surface area contributed by atoms with Gasteiger partial charge in [-0.3, -0.25) is 9.69 Å². The molecule has 2 heterocycles. The number of anilines is 1. The SMILES string of the molecule is CS(=O)(=O)c1ccc(OCCN2CCC3(CC2)C(=O)Nc2ccc(Cl)cc23)cc1[C@@H](F)CF. The van der Waals surface area contributed by atoms with E-state index in [2.05, 4.69) is 10.2 Å². The number of benzene rings is 2. The molecule has 0 radical (unpaired) electrons. The summed E-state index contributed by atoms with van der Waals surface area (Å²) < 4.78 is 56.3. The first kappa shape index (κ1) is 23.9. The third-order valence-electron chi connectivity index (χ3n) is 6.42. The monoisotopic (exact) mass is 498 g/mol. The van der Waals surface area contributed by atoms with E-state index in [0.29, 0.717) is 37.5 Å². The summed E-state index contributed by atoms with van der Waals surface area (Å²) in [5.74, 6) is 0.281. The molecule has 2 aromatic carbocycles. The molecule has 0 aliphatic carbocycles. The third kappa shape index (κ3) is 4.72. The van der Waals surface area contributed by atoms with Crippen LogP contribution in [-0.4, -0.2) is 58.4 Å². The number of hydrogen-bond acceptors (Lipinski definition) is 5. The molecule has 0 aromatic heterocycles. The van der Waals surface area contributed by atoms with Gasteiger partial charge in [0.15, 0.2) is 16.0 Å². The number of carbonyl (C=O) groups excluding carboxylic acids is 1. The van der Waals surface area contributed by atoms with Gasteiger partial charge in [0, 0.05) is 29.1 Å². The van der Waals surface area contributed by atoms with Crippen LogP contribution in [0.2, 0.25) is 5.02 Å². The first-order chi connectivity index (χ1) is 15.6. The maximum atomic E-state index is 14.0. The Morgan fingerprint density at radius 1 is 1.21 bits per heavy atom. The largest absolute Gasteiger partial charge is 0.492 e. The van der Waals surface area contributed by atoms with Crippen LogP contribution in [0.4, 0.5) is 14.5 Å². The molecular weight excluding hydrogens is 474 g/mol. The summed E-state index contributed by atoms with van der Waals surface area (Å²) in [6.45, 7) is 0.922. The molecule has 1 atom stereocenters. The smallest absolute Gasteiger partial charge is 0.235 e. The molecule has 2 aliphatic rings. The van der Waals surface area contributed by atoms with Gasteiger partial charge in [0.05, 0.1) is 10.3 Å². The highest BCUT2D eigenvalue weighted by molar-refractivity contribution is 7.90. The maximum absolute atomic E-state index is 14.0. The molecule has 2 aromatic rings. The van der Waals surface area contributed by atoms with Crippen LogP contribution in [0.15, 0.2) is 41.3 Å². The Morgan fingerprint density at radius 3 is 2.61 bits per heavy atom. The molecule has 1 saturated heterocycles. The molecule has 0 saturated carbocycles. The van der Waals surface area contributed by atoms with Crippen molar-refractivity contribution in [3.63, 3.8) is 0 Å². The first-order valence-electron chi connectivity index (χ1n) is 10.6. The zero-order chi connectivity index (χ0) is 23.8. The summed E-state index contributed by atoms with van der Waals surface area (Å²) in [7, 11) is -3.69. The van der Waals surface area contributed by atoms with E-state index in [4.69, 9.17) is 16.3 Å². The number of piperidine rings is 1. The molecule has 2 aliphatic heterocycles. The van der Waals surface area contributed by atoms with E-state index in [-0.39, 0.29) is 28.7 Å². The Hall–Kier alpha value is -2.23. The quantitative estimate of drug-likeness (QED) is 0.622. The van der Waals surface area contributed by atoms with Crippen molar-refractivity contribution in [1.82, 2.24) is 4.90 Å². The average molecular weight is 499 g/mol. The highest BCUT2D eigenvalue weighted by atomic mass is 35.5. The summed E-state index contributed by atoms with van der Waals surface area (Å²) in [6, 6.07) is 9.39. The highest BCUT2D eigenvalue weighted by Gasteiger charge is 2.48. The summed E-state index contributed by atoms with van der Waals surface area (Å²) >= 11 is 6.16. The Kier molecular flexibility index (Phi) is 6.66. The fourth-order valence-electron chi connectivity index (χ4n) is 4.61. The fraction of sp³-hybridized carbons (Fsp3) is 0.435. The average Bonchev–Trinajstić information content (AvgIpc) is 3.04. The van der Waals surface area contributed by atoms with Crippen molar-refractivity contribution < 1.29 is 26.7 Å². The lowest BCUT2D eigenvalue weighted by atomic mass is 9.73. The molecular formula is C23H25ClF2N2O4S. The third-order valence-corrected chi connectivity index (χ3v) is 7.83. The number of amides is 1. The molecule has 1 N–H and O–H groups in total. The molecule has 6 nitrogen and oxygen atoms in total. The zero-order valence-corrected chi connectivity index (χ0v) is 19.7. The van der Waals surface area contributed by atoms with Crippen LogP contribution in [0, 0.1) is 0 Å². The number of rotatable bonds is 7. The van der Waals surface area contributed by atoms with Gasteiger partial charge in [-0.05, 0) is 67.9 Å². The minimum atomic E-state index is -3.69. The van der Waals surface area contributed by atoms with E-state index in [0.717, 1.165) is 17.5 Å². The van der Waals surface area contributed by atoms with Crippen molar-refractivity contribution >= 4 is 33.0 Å². The van der Waals surface area contributed by atoms with Crippen LogP contribution in [0.3, 0.4) is 0 Å². The summed E-state index contributed by atoms with van der Waals surface area (Å²) in [4.78, 5) is 14.7. The number of fused-ring (bicyclic) bond motifs is 2. The van der Waals surface area contributed by atoms with Crippen molar-refractivity contribution in [2.45, 2.75) is 29.3 Å². The van der Waals surface area contributed by atoms with Gasteiger partial charge in [0.2, 0.25) is 5.91 Å². The number of halogens is 3. The van der Waals surface area contributed by atoms with Crippen LogP contribution < -0.4 is 10.1 Å². The van der Waals surface area contributed by atoms with E-state index < -0.39 is 28.1 Å². The van der Waals surface area contributed by atoms with Gasteiger partial charge in [0.25, 0.3) is 0 Å². The van der Waals surface area contributed by atoms with Crippen LogP contribution in [0.1, 0.15) is 30.1 Å². The molecule has 33 heavy (non-hydrogen) atoms. The lowest BCUT2D eigenvalue weighted by Gasteiger charge is -2.38. The second-order valence-electron chi connectivity index (χ2n) is 8.51. The van der Waals surface area contributed by atoms with Gasteiger partial charge < -0.3 is 10.1 Å². The van der Waals surface area contributed by atoms with E-state index in [1.807, 2.05) is 12.1 Å². The van der Waals surface area contributed by atoms with Crippen molar-refractivity contribution in [1.29, 1.82) is 0 Å². The van der Waals surface area contributed by atoms with Crippen LogP contribution >= 0.6 is 11.6 Å². The van der Waals surface area contributed by atoms with Gasteiger partial charge in [-0.15, -0.1) is 0 Å². The second-order valence-corrected chi connectivity index (χ2v) is 10.9. The van der Waals surface area contributed by atoms with Gasteiger partial charge in [-0.1, -0.05) is 11.6 Å². The van der Waals surface area contributed by atoms with E-state index >= 15 is 0 Å². The van der Waals surface area contributed by atoms with E-state index in [9.17, 15) is 22.0 Å². The normalized spacial score (nSPS) is 18.7. The predicted molar refractivity (Wildman–Crippen MR) is 122 cm³/mol. The summed E-state index contributed by atoms with van der Waals surface area (Å²) in [5.41, 5.74) is 0.954. The number of hydrogen-bond donors (Lipinski definition) is 1. The lowest BCUT2D eigenvalue weighted by Crippen LogP contribution is -2.47. The fourth-order valence-corrected chi connectivity index (χ4v) is 5.72. The number of likely N-dealkylation sites (tertiary alicyclic amines) is 1. The lowest BCUT2D eigenvalue weighted by molar-refractivity contribution is -0.122. The van der Waals surface area contributed by atoms with Crippen molar-refractivity contribution in [2.24, 2.45) is 0 Å². The van der Waals surface area contributed by atoms with Crippen molar-refractivity contribution in [2.75, 3.05) is 44.5 Å². The minimum absolute atomic E-state index is 0.00259. The summed E-state index contributed by atoms with van der Waals surface area (Å²) in [5, 5.41) is 3.56. The molecule has 1 fully saturated rings. The van der Waals surface area contributed by atoms with E-state index in [1.165, 1.54) is 18.2 Å². The number of sulfone groups is 1. The molecule has 178 valence electrons. The number of carbonyl (C=O) groups is 1. The van der Waals surface area contributed by atoms with E-state index in [1.54, 1.807) is 6.07 Å². The van der Waals surface area contributed by atoms with Crippen LogP contribution in [0.25, 0.3) is 0 Å². The highest BCUT2D eigenvalue weighted by Crippen LogP contribution is 2.45. The standard InChI is InChI=1S/C23H25ClF2N2O4S/c1-33(30,31)21-5-3-16(13-17(21)19(26)14-25)32-11-10-28-8-6-23(7-9-28)18-12-15(24)2-4-20(18)27-22(23)29/h2-5,12-13,19H,6-11,14H2,1H3,(H,27,29)/t19-/m0/s1. The van der Waals surface area contributed by atoms with Crippen molar-refractivity contribution in [3.8, 4) is 5.75 Å². The second kappa shape index (κ2) is 9.19. The molecule has 1 amide bonds.